The lowest BCUT2D eigenvalue weighted by Crippen LogP contribution is -2.11. The molecular weight excluding hydrogens is 374 g/mol. The minimum absolute atomic E-state index is 0.646. The zero-order valence-electron chi connectivity index (χ0n) is 16.6. The van der Waals surface area contributed by atoms with Crippen LogP contribution in [0.4, 0.5) is 11.5 Å². The highest BCUT2D eigenvalue weighted by Crippen LogP contribution is 2.26. The molecule has 0 radical (unpaired) electrons. The first-order chi connectivity index (χ1) is 14.8. The molecular formula is C24H23N5O. The van der Waals surface area contributed by atoms with E-state index in [0.717, 1.165) is 53.4 Å². The van der Waals surface area contributed by atoms with Crippen molar-refractivity contribution in [2.24, 2.45) is 5.92 Å². The molecule has 1 fully saturated rings. The topological polar surface area (TPSA) is 72.0 Å². The molecule has 3 heterocycles. The van der Waals surface area contributed by atoms with Crippen LogP contribution in [-0.4, -0.2) is 28.0 Å². The highest BCUT2D eigenvalue weighted by molar-refractivity contribution is 5.86. The fourth-order valence-electron chi connectivity index (χ4n) is 3.74. The van der Waals surface area contributed by atoms with Gasteiger partial charge in [-0.25, -0.2) is 15.0 Å². The van der Waals surface area contributed by atoms with E-state index in [1.54, 1.807) is 6.33 Å². The SMILES string of the molecule is c1ccc(Oc2ccc(Nc3ncnc4ccc(CC5CCNC5)nc34)cc2)cc1. The van der Waals surface area contributed by atoms with Gasteiger partial charge in [0.1, 0.15) is 23.3 Å². The number of pyridine rings is 1. The molecule has 0 saturated carbocycles. The van der Waals surface area contributed by atoms with Crippen LogP contribution in [0.3, 0.4) is 0 Å². The minimum atomic E-state index is 0.646. The maximum Gasteiger partial charge on any atom is 0.160 e. The Morgan fingerprint density at radius 3 is 2.57 bits per heavy atom. The van der Waals surface area contributed by atoms with Crippen molar-refractivity contribution in [2.45, 2.75) is 12.8 Å². The number of hydrogen-bond donors (Lipinski definition) is 2. The zero-order valence-corrected chi connectivity index (χ0v) is 16.6. The summed E-state index contributed by atoms with van der Waals surface area (Å²) in [6.07, 6.45) is 3.75. The maximum atomic E-state index is 5.86. The van der Waals surface area contributed by atoms with Crippen LogP contribution in [0.2, 0.25) is 0 Å². The van der Waals surface area contributed by atoms with Gasteiger partial charge in [-0.3, -0.25) is 0 Å². The molecule has 0 aliphatic carbocycles. The number of anilines is 2. The van der Waals surface area contributed by atoms with E-state index in [2.05, 4.69) is 26.7 Å². The van der Waals surface area contributed by atoms with Crippen LogP contribution in [0.25, 0.3) is 11.0 Å². The Labute approximate surface area is 175 Å². The van der Waals surface area contributed by atoms with Crippen LogP contribution in [0.1, 0.15) is 12.1 Å². The molecule has 30 heavy (non-hydrogen) atoms. The summed E-state index contributed by atoms with van der Waals surface area (Å²) < 4.78 is 5.86. The number of fused-ring (bicyclic) bond motifs is 1. The summed E-state index contributed by atoms with van der Waals surface area (Å²) in [7, 11) is 0. The van der Waals surface area contributed by atoms with E-state index in [1.807, 2.05) is 60.7 Å². The normalized spacial score (nSPS) is 15.9. The van der Waals surface area contributed by atoms with Crippen molar-refractivity contribution in [1.29, 1.82) is 0 Å². The van der Waals surface area contributed by atoms with Gasteiger partial charge in [-0.15, -0.1) is 0 Å². The Hall–Kier alpha value is -3.51. The number of rotatable bonds is 6. The molecule has 1 unspecified atom stereocenters. The lowest BCUT2D eigenvalue weighted by Gasteiger charge is -2.11. The Bertz CT molecular complexity index is 1130. The van der Waals surface area contributed by atoms with Crippen molar-refractivity contribution in [3.63, 3.8) is 0 Å². The molecule has 2 N–H and O–H groups in total. The van der Waals surface area contributed by atoms with E-state index < -0.39 is 0 Å². The molecule has 6 heteroatoms. The number of benzene rings is 2. The predicted molar refractivity (Wildman–Crippen MR) is 118 cm³/mol. The van der Waals surface area contributed by atoms with Gasteiger partial charge in [0.15, 0.2) is 5.82 Å². The molecule has 6 nitrogen and oxygen atoms in total. The molecule has 1 saturated heterocycles. The second-order valence-electron chi connectivity index (χ2n) is 7.52. The molecule has 0 amide bonds. The largest absolute Gasteiger partial charge is 0.457 e. The highest BCUT2D eigenvalue weighted by Gasteiger charge is 2.16. The lowest BCUT2D eigenvalue weighted by molar-refractivity contribution is 0.483. The van der Waals surface area contributed by atoms with E-state index in [-0.39, 0.29) is 0 Å². The van der Waals surface area contributed by atoms with Gasteiger partial charge in [0.05, 0.1) is 5.52 Å². The minimum Gasteiger partial charge on any atom is -0.457 e. The van der Waals surface area contributed by atoms with Gasteiger partial charge in [-0.2, -0.15) is 0 Å². The molecule has 1 aliphatic heterocycles. The number of aromatic nitrogens is 3. The van der Waals surface area contributed by atoms with Gasteiger partial charge in [0.25, 0.3) is 0 Å². The van der Waals surface area contributed by atoms with E-state index in [9.17, 15) is 0 Å². The van der Waals surface area contributed by atoms with Crippen LogP contribution >= 0.6 is 0 Å². The molecule has 5 rings (SSSR count). The monoisotopic (exact) mass is 397 g/mol. The van der Waals surface area contributed by atoms with Gasteiger partial charge < -0.3 is 15.4 Å². The summed E-state index contributed by atoms with van der Waals surface area (Å²) >= 11 is 0. The summed E-state index contributed by atoms with van der Waals surface area (Å²) in [5.41, 5.74) is 3.64. The molecule has 4 aromatic rings. The third-order valence-corrected chi connectivity index (χ3v) is 5.30. The van der Waals surface area contributed by atoms with Crippen molar-refractivity contribution in [3.8, 4) is 11.5 Å². The first-order valence-corrected chi connectivity index (χ1v) is 10.2. The van der Waals surface area contributed by atoms with Crippen LogP contribution in [-0.2, 0) is 6.42 Å². The zero-order chi connectivity index (χ0) is 20.2. The summed E-state index contributed by atoms with van der Waals surface area (Å²) in [6, 6.07) is 21.7. The first kappa shape index (κ1) is 18.5. The van der Waals surface area contributed by atoms with E-state index in [0.29, 0.717) is 11.7 Å². The van der Waals surface area contributed by atoms with E-state index in [4.69, 9.17) is 9.72 Å². The summed E-state index contributed by atoms with van der Waals surface area (Å²) in [5, 5.41) is 6.80. The number of ether oxygens (including phenoxy) is 1. The van der Waals surface area contributed by atoms with Crippen molar-refractivity contribution in [1.82, 2.24) is 20.3 Å². The number of para-hydroxylation sites is 1. The molecule has 0 bridgehead atoms. The fraction of sp³-hybridized carbons (Fsp3) is 0.208. The molecule has 2 aromatic heterocycles. The van der Waals surface area contributed by atoms with E-state index >= 15 is 0 Å². The third-order valence-electron chi connectivity index (χ3n) is 5.30. The summed E-state index contributed by atoms with van der Waals surface area (Å²) in [4.78, 5) is 13.7. The summed E-state index contributed by atoms with van der Waals surface area (Å²) in [5.74, 6) is 2.95. The lowest BCUT2D eigenvalue weighted by atomic mass is 10.0. The Kier molecular flexibility index (Phi) is 5.23. The fourth-order valence-corrected chi connectivity index (χ4v) is 3.74. The van der Waals surface area contributed by atoms with Gasteiger partial charge in [0, 0.05) is 11.4 Å². The second kappa shape index (κ2) is 8.47. The molecule has 1 atom stereocenters. The quantitative estimate of drug-likeness (QED) is 0.491. The predicted octanol–water partition coefficient (Wildman–Crippen LogP) is 4.71. The van der Waals surface area contributed by atoms with Crippen LogP contribution < -0.4 is 15.4 Å². The number of nitrogens with one attached hydrogen (secondary N) is 2. The van der Waals surface area contributed by atoms with Crippen molar-refractivity contribution < 1.29 is 4.74 Å². The van der Waals surface area contributed by atoms with Gasteiger partial charge in [0.2, 0.25) is 0 Å². The molecule has 0 spiro atoms. The first-order valence-electron chi connectivity index (χ1n) is 10.2. The third kappa shape index (κ3) is 4.23. The van der Waals surface area contributed by atoms with Gasteiger partial charge in [-0.1, -0.05) is 18.2 Å². The Balaban J connectivity index is 1.35. The average Bonchev–Trinajstić information content (AvgIpc) is 3.29. The van der Waals surface area contributed by atoms with Crippen LogP contribution in [0.15, 0.2) is 73.1 Å². The summed E-state index contributed by atoms with van der Waals surface area (Å²) in [6.45, 7) is 2.16. The maximum absolute atomic E-state index is 5.86. The van der Waals surface area contributed by atoms with Crippen molar-refractivity contribution in [2.75, 3.05) is 18.4 Å². The molecule has 150 valence electrons. The van der Waals surface area contributed by atoms with Gasteiger partial charge in [-0.05, 0) is 80.4 Å². The van der Waals surface area contributed by atoms with Crippen molar-refractivity contribution in [3.05, 3.63) is 78.8 Å². The highest BCUT2D eigenvalue weighted by atomic mass is 16.5. The molecule has 1 aliphatic rings. The molecule has 2 aromatic carbocycles. The standard InChI is InChI=1S/C24H23N5O/c1-2-4-20(5-3-1)30-21-9-6-18(7-10-21)29-24-23-22(26-16-27-24)11-8-19(28-23)14-17-12-13-25-15-17/h1-11,16-17,25H,12-15H2,(H,26,27,29). The van der Waals surface area contributed by atoms with Crippen LogP contribution in [0, 0.1) is 5.92 Å². The van der Waals surface area contributed by atoms with Gasteiger partial charge >= 0.3 is 0 Å². The van der Waals surface area contributed by atoms with Crippen molar-refractivity contribution >= 4 is 22.5 Å². The average molecular weight is 397 g/mol. The van der Waals surface area contributed by atoms with Crippen LogP contribution in [0.5, 0.6) is 11.5 Å². The Morgan fingerprint density at radius 1 is 0.933 bits per heavy atom. The second-order valence-corrected chi connectivity index (χ2v) is 7.52. The number of hydrogen-bond acceptors (Lipinski definition) is 6. The smallest absolute Gasteiger partial charge is 0.160 e. The van der Waals surface area contributed by atoms with E-state index in [1.165, 1.54) is 6.42 Å². The number of nitrogens with zero attached hydrogens (tertiary/aromatic N) is 3. The Morgan fingerprint density at radius 2 is 1.77 bits per heavy atom.